The molecule has 0 saturated heterocycles. The molecule has 0 bridgehead atoms. The van der Waals surface area contributed by atoms with Gasteiger partial charge in [0.1, 0.15) is 0 Å². The van der Waals surface area contributed by atoms with E-state index in [4.69, 9.17) is 4.74 Å². The number of carbonyl (C=O) groups is 1. The van der Waals surface area contributed by atoms with Crippen LogP contribution in [0.5, 0.6) is 0 Å². The Hall–Kier alpha value is -0.790. The monoisotopic (exact) mass is 170 g/mol. The molecule has 0 aromatic rings. The lowest BCUT2D eigenvalue weighted by atomic mass is 10.2. The molecular formula is C10H18O2. The van der Waals surface area contributed by atoms with Crippen LogP contribution in [0.15, 0.2) is 11.6 Å². The minimum atomic E-state index is -0.226. The maximum Gasteiger partial charge on any atom is 0.330 e. The van der Waals surface area contributed by atoms with Crippen molar-refractivity contribution < 1.29 is 9.53 Å². The predicted octanol–water partition coefficient (Wildman–Crippen LogP) is 2.68. The van der Waals surface area contributed by atoms with Gasteiger partial charge in [-0.1, -0.05) is 18.9 Å². The first-order valence-corrected chi connectivity index (χ1v) is 4.44. The Bertz CT molecular complexity index is 169. The van der Waals surface area contributed by atoms with Crippen molar-refractivity contribution in [2.75, 3.05) is 0 Å². The third-order valence-corrected chi connectivity index (χ3v) is 1.36. The SMILES string of the molecule is CCC/C(C)=C\C(=O)OC(C)C. The van der Waals surface area contributed by atoms with E-state index in [-0.39, 0.29) is 12.1 Å². The van der Waals surface area contributed by atoms with Crippen molar-refractivity contribution in [3.63, 3.8) is 0 Å². The van der Waals surface area contributed by atoms with Gasteiger partial charge in [0.05, 0.1) is 6.10 Å². The molecule has 2 heteroatoms. The molecule has 0 heterocycles. The third kappa shape index (κ3) is 5.96. The van der Waals surface area contributed by atoms with Gasteiger partial charge in [-0.05, 0) is 27.2 Å². The number of allylic oxidation sites excluding steroid dienone is 1. The molecule has 0 rings (SSSR count). The molecule has 0 aromatic carbocycles. The minimum absolute atomic E-state index is 0.0248. The molecule has 0 aliphatic heterocycles. The zero-order valence-corrected chi connectivity index (χ0v) is 8.39. The van der Waals surface area contributed by atoms with Gasteiger partial charge in [0.2, 0.25) is 0 Å². The Kier molecular flexibility index (Phi) is 5.43. The summed E-state index contributed by atoms with van der Waals surface area (Å²) in [7, 11) is 0. The van der Waals surface area contributed by atoms with Gasteiger partial charge in [-0.2, -0.15) is 0 Å². The number of hydrogen-bond donors (Lipinski definition) is 0. The third-order valence-electron chi connectivity index (χ3n) is 1.36. The highest BCUT2D eigenvalue weighted by molar-refractivity contribution is 5.82. The lowest BCUT2D eigenvalue weighted by molar-refractivity contribution is -0.141. The van der Waals surface area contributed by atoms with Crippen LogP contribution in [0.3, 0.4) is 0 Å². The molecule has 0 amide bonds. The van der Waals surface area contributed by atoms with Gasteiger partial charge in [-0.3, -0.25) is 0 Å². The Balaban J connectivity index is 3.88. The van der Waals surface area contributed by atoms with Gasteiger partial charge >= 0.3 is 5.97 Å². The number of esters is 1. The standard InChI is InChI=1S/C10H18O2/c1-5-6-9(4)7-10(11)12-8(2)3/h7-8H,5-6H2,1-4H3/b9-7-. The summed E-state index contributed by atoms with van der Waals surface area (Å²) in [6.07, 6.45) is 3.58. The van der Waals surface area contributed by atoms with Crippen molar-refractivity contribution in [1.29, 1.82) is 0 Å². The van der Waals surface area contributed by atoms with Gasteiger partial charge in [-0.15, -0.1) is 0 Å². The molecular weight excluding hydrogens is 152 g/mol. The Morgan fingerprint density at radius 3 is 2.50 bits per heavy atom. The van der Waals surface area contributed by atoms with Crippen LogP contribution in [0.2, 0.25) is 0 Å². The molecule has 0 saturated carbocycles. The smallest absolute Gasteiger partial charge is 0.330 e. The lowest BCUT2D eigenvalue weighted by Crippen LogP contribution is -2.08. The van der Waals surface area contributed by atoms with Gasteiger partial charge in [0.25, 0.3) is 0 Å². The summed E-state index contributed by atoms with van der Waals surface area (Å²) in [5.74, 6) is -0.226. The van der Waals surface area contributed by atoms with E-state index in [0.717, 1.165) is 18.4 Å². The van der Waals surface area contributed by atoms with E-state index in [0.29, 0.717) is 0 Å². The second kappa shape index (κ2) is 5.81. The fraction of sp³-hybridized carbons (Fsp3) is 0.700. The van der Waals surface area contributed by atoms with Crippen molar-refractivity contribution in [3.8, 4) is 0 Å². The van der Waals surface area contributed by atoms with Crippen LogP contribution in [0.4, 0.5) is 0 Å². The summed E-state index contributed by atoms with van der Waals surface area (Å²) >= 11 is 0. The molecule has 70 valence electrons. The van der Waals surface area contributed by atoms with Crippen molar-refractivity contribution in [3.05, 3.63) is 11.6 Å². The average Bonchev–Trinajstić information content (AvgIpc) is 1.84. The summed E-state index contributed by atoms with van der Waals surface area (Å²) in [5, 5.41) is 0. The Labute approximate surface area is 74.6 Å². The van der Waals surface area contributed by atoms with Crippen molar-refractivity contribution in [1.82, 2.24) is 0 Å². The van der Waals surface area contributed by atoms with Gasteiger partial charge in [0, 0.05) is 6.08 Å². The number of ether oxygens (including phenoxy) is 1. The van der Waals surface area contributed by atoms with E-state index in [2.05, 4.69) is 6.92 Å². The molecule has 0 atom stereocenters. The zero-order valence-electron chi connectivity index (χ0n) is 8.39. The second-order valence-electron chi connectivity index (χ2n) is 3.23. The number of rotatable bonds is 4. The Morgan fingerprint density at radius 1 is 1.50 bits per heavy atom. The van der Waals surface area contributed by atoms with Crippen LogP contribution in [0, 0.1) is 0 Å². The van der Waals surface area contributed by atoms with E-state index in [9.17, 15) is 4.79 Å². The van der Waals surface area contributed by atoms with E-state index in [1.54, 1.807) is 6.08 Å². The van der Waals surface area contributed by atoms with E-state index >= 15 is 0 Å². The second-order valence-corrected chi connectivity index (χ2v) is 3.23. The first-order valence-electron chi connectivity index (χ1n) is 4.44. The summed E-state index contributed by atoms with van der Waals surface area (Å²) in [6.45, 7) is 7.73. The highest BCUT2D eigenvalue weighted by Crippen LogP contribution is 2.03. The first kappa shape index (κ1) is 11.2. The molecule has 0 radical (unpaired) electrons. The molecule has 0 aliphatic rings. The van der Waals surface area contributed by atoms with Gasteiger partial charge < -0.3 is 4.74 Å². The Morgan fingerprint density at radius 2 is 2.08 bits per heavy atom. The zero-order chi connectivity index (χ0) is 9.56. The quantitative estimate of drug-likeness (QED) is 0.479. The number of carbonyl (C=O) groups excluding carboxylic acids is 1. The molecule has 0 fully saturated rings. The molecule has 0 aromatic heterocycles. The molecule has 0 N–H and O–H groups in total. The van der Waals surface area contributed by atoms with Crippen LogP contribution in [0.1, 0.15) is 40.5 Å². The fourth-order valence-electron chi connectivity index (χ4n) is 0.934. The van der Waals surface area contributed by atoms with Crippen LogP contribution >= 0.6 is 0 Å². The predicted molar refractivity (Wildman–Crippen MR) is 49.9 cm³/mol. The van der Waals surface area contributed by atoms with Crippen molar-refractivity contribution >= 4 is 5.97 Å². The van der Waals surface area contributed by atoms with Crippen molar-refractivity contribution in [2.45, 2.75) is 46.6 Å². The summed E-state index contributed by atoms with van der Waals surface area (Å²) in [5.41, 5.74) is 1.09. The molecule has 2 nitrogen and oxygen atoms in total. The fourth-order valence-corrected chi connectivity index (χ4v) is 0.934. The normalized spacial score (nSPS) is 11.9. The van der Waals surface area contributed by atoms with Crippen LogP contribution in [0.25, 0.3) is 0 Å². The van der Waals surface area contributed by atoms with E-state index in [1.165, 1.54) is 0 Å². The maximum atomic E-state index is 11.0. The van der Waals surface area contributed by atoms with E-state index in [1.807, 2.05) is 20.8 Å². The minimum Gasteiger partial charge on any atom is -0.460 e. The molecule has 0 spiro atoms. The van der Waals surface area contributed by atoms with E-state index < -0.39 is 0 Å². The average molecular weight is 170 g/mol. The highest BCUT2D eigenvalue weighted by atomic mass is 16.5. The summed E-state index contributed by atoms with van der Waals surface area (Å²) < 4.78 is 4.95. The number of hydrogen-bond acceptors (Lipinski definition) is 2. The molecule has 0 unspecified atom stereocenters. The summed E-state index contributed by atoms with van der Waals surface area (Å²) in [4.78, 5) is 11.0. The topological polar surface area (TPSA) is 26.3 Å². The molecule has 0 aliphatic carbocycles. The van der Waals surface area contributed by atoms with Gasteiger partial charge in [-0.25, -0.2) is 4.79 Å². The maximum absolute atomic E-state index is 11.0. The largest absolute Gasteiger partial charge is 0.460 e. The van der Waals surface area contributed by atoms with Crippen LogP contribution in [-0.4, -0.2) is 12.1 Å². The van der Waals surface area contributed by atoms with Gasteiger partial charge in [0.15, 0.2) is 0 Å². The first-order chi connectivity index (χ1) is 5.56. The van der Waals surface area contributed by atoms with Crippen LogP contribution < -0.4 is 0 Å². The summed E-state index contributed by atoms with van der Waals surface area (Å²) in [6, 6.07) is 0. The lowest BCUT2D eigenvalue weighted by Gasteiger charge is -2.05. The molecule has 12 heavy (non-hydrogen) atoms. The highest BCUT2D eigenvalue weighted by Gasteiger charge is 2.01. The van der Waals surface area contributed by atoms with Crippen molar-refractivity contribution in [2.24, 2.45) is 0 Å². The van der Waals surface area contributed by atoms with Crippen LogP contribution in [-0.2, 0) is 9.53 Å².